The number of nitrogens with zero attached hydrogens (tertiary/aromatic N) is 1. The van der Waals surface area contributed by atoms with Crippen molar-refractivity contribution >= 4 is 24.0 Å². The van der Waals surface area contributed by atoms with Gasteiger partial charge in [0.25, 0.3) is 0 Å². The minimum atomic E-state index is -0.0907. The average molecular weight is 326 g/mol. The second-order valence-electron chi connectivity index (χ2n) is 5.84. The van der Waals surface area contributed by atoms with Crippen LogP contribution in [-0.2, 0) is 11.2 Å². The van der Waals surface area contributed by atoms with Crippen molar-refractivity contribution in [3.05, 3.63) is 29.8 Å². The molecule has 1 saturated heterocycles. The van der Waals surface area contributed by atoms with Gasteiger partial charge in [0.2, 0.25) is 5.91 Å². The number of nitrogens with one attached hydrogen (secondary N) is 2. The molecule has 4 nitrogen and oxygen atoms in total. The van der Waals surface area contributed by atoms with Gasteiger partial charge in [0.1, 0.15) is 0 Å². The lowest BCUT2D eigenvalue weighted by atomic mass is 10.0. The average Bonchev–Trinajstić information content (AvgIpc) is 2.54. The second-order valence-corrected chi connectivity index (χ2v) is 5.84. The summed E-state index contributed by atoms with van der Waals surface area (Å²) in [6.45, 7) is 6.07. The van der Waals surface area contributed by atoms with Gasteiger partial charge in [-0.2, -0.15) is 0 Å². The Labute approximate surface area is 140 Å². The summed E-state index contributed by atoms with van der Waals surface area (Å²) in [5.41, 5.74) is 2.17. The van der Waals surface area contributed by atoms with E-state index in [1.807, 2.05) is 26.1 Å². The number of halogens is 1. The lowest BCUT2D eigenvalue weighted by Gasteiger charge is -2.35. The molecule has 0 bridgehead atoms. The summed E-state index contributed by atoms with van der Waals surface area (Å²) in [5, 5.41) is 6.34. The summed E-state index contributed by atoms with van der Waals surface area (Å²) in [7, 11) is 1.99. The summed E-state index contributed by atoms with van der Waals surface area (Å²) < 4.78 is 0. The normalized spacial score (nSPS) is 20.0. The highest BCUT2D eigenvalue weighted by molar-refractivity contribution is 5.94. The largest absolute Gasteiger partial charge is 0.325 e. The first-order valence-corrected chi connectivity index (χ1v) is 7.95. The predicted octanol–water partition coefficient (Wildman–Crippen LogP) is 2.68. The maximum atomic E-state index is 12.4. The Hall–Kier alpha value is -1.10. The Bertz CT molecular complexity index is 463. The maximum absolute atomic E-state index is 12.4. The van der Waals surface area contributed by atoms with Gasteiger partial charge in [0.15, 0.2) is 0 Å². The Morgan fingerprint density at radius 3 is 2.64 bits per heavy atom. The van der Waals surface area contributed by atoms with Gasteiger partial charge in [-0.15, -0.1) is 12.4 Å². The second kappa shape index (κ2) is 9.13. The van der Waals surface area contributed by atoms with Gasteiger partial charge in [-0.3, -0.25) is 9.69 Å². The van der Waals surface area contributed by atoms with Crippen molar-refractivity contribution in [3.63, 3.8) is 0 Å². The molecule has 0 aromatic heterocycles. The standard InChI is InChI=1S/C17H27N3O.ClH/c1-4-14-7-9-15(10-8-14)19-17(21)13(2)20-11-5-6-16(12-20)18-3;/h7-10,13,16,18H,4-6,11-12H2,1-3H3,(H,19,21);1H. The van der Waals surface area contributed by atoms with Crippen molar-refractivity contribution in [2.45, 2.75) is 45.2 Å². The minimum Gasteiger partial charge on any atom is -0.325 e. The van der Waals surface area contributed by atoms with Crippen molar-refractivity contribution in [3.8, 4) is 0 Å². The first kappa shape index (κ1) is 18.9. The molecule has 124 valence electrons. The maximum Gasteiger partial charge on any atom is 0.241 e. The molecule has 1 aliphatic rings. The SMILES string of the molecule is CCc1ccc(NC(=O)C(C)N2CCCC(NC)C2)cc1.Cl. The lowest BCUT2D eigenvalue weighted by Crippen LogP contribution is -2.51. The van der Waals surface area contributed by atoms with Gasteiger partial charge in [-0.05, 0) is 57.5 Å². The predicted molar refractivity (Wildman–Crippen MR) is 94.8 cm³/mol. The van der Waals surface area contributed by atoms with E-state index in [2.05, 4.69) is 34.6 Å². The van der Waals surface area contributed by atoms with Crippen LogP contribution in [0.25, 0.3) is 0 Å². The van der Waals surface area contributed by atoms with Gasteiger partial charge >= 0.3 is 0 Å². The Balaban J connectivity index is 0.00000242. The highest BCUT2D eigenvalue weighted by Crippen LogP contribution is 2.15. The van der Waals surface area contributed by atoms with Gasteiger partial charge in [-0.25, -0.2) is 0 Å². The third-order valence-electron chi connectivity index (χ3n) is 4.42. The van der Waals surface area contributed by atoms with Crippen molar-refractivity contribution in [1.82, 2.24) is 10.2 Å². The third kappa shape index (κ3) is 4.97. The first-order valence-electron chi connectivity index (χ1n) is 7.95. The number of amides is 1. The quantitative estimate of drug-likeness (QED) is 0.875. The van der Waals surface area contributed by atoms with Crippen LogP contribution in [0.4, 0.5) is 5.69 Å². The highest BCUT2D eigenvalue weighted by atomic mass is 35.5. The van der Waals surface area contributed by atoms with Crippen molar-refractivity contribution in [2.24, 2.45) is 0 Å². The highest BCUT2D eigenvalue weighted by Gasteiger charge is 2.26. The van der Waals surface area contributed by atoms with Crippen LogP contribution < -0.4 is 10.6 Å². The van der Waals surface area contributed by atoms with Gasteiger partial charge in [0.05, 0.1) is 6.04 Å². The molecule has 0 saturated carbocycles. The summed E-state index contributed by atoms with van der Waals surface area (Å²) in [6, 6.07) is 8.51. The summed E-state index contributed by atoms with van der Waals surface area (Å²) in [4.78, 5) is 14.7. The molecule has 1 fully saturated rings. The number of benzene rings is 1. The molecule has 0 radical (unpaired) electrons. The lowest BCUT2D eigenvalue weighted by molar-refractivity contribution is -0.121. The van der Waals surface area contributed by atoms with Crippen LogP contribution in [0, 0.1) is 0 Å². The number of hydrogen-bond donors (Lipinski definition) is 2. The van der Waals surface area contributed by atoms with E-state index in [9.17, 15) is 4.79 Å². The molecule has 2 rings (SSSR count). The van der Waals surface area contributed by atoms with E-state index in [4.69, 9.17) is 0 Å². The van der Waals surface area contributed by atoms with Crippen molar-refractivity contribution in [2.75, 3.05) is 25.5 Å². The molecule has 22 heavy (non-hydrogen) atoms. The van der Waals surface area contributed by atoms with E-state index in [1.54, 1.807) is 0 Å². The number of carbonyl (C=O) groups excluding carboxylic acids is 1. The minimum absolute atomic E-state index is 0. The van der Waals surface area contributed by atoms with Crippen LogP contribution in [0.2, 0.25) is 0 Å². The number of rotatable bonds is 5. The molecule has 2 atom stereocenters. The molecule has 0 spiro atoms. The van der Waals surface area contributed by atoms with Crippen LogP contribution in [0.5, 0.6) is 0 Å². The number of anilines is 1. The fraction of sp³-hybridized carbons (Fsp3) is 0.588. The molecule has 2 unspecified atom stereocenters. The number of piperidine rings is 1. The number of likely N-dealkylation sites (tertiary alicyclic amines) is 1. The molecule has 1 heterocycles. The zero-order valence-corrected chi connectivity index (χ0v) is 14.6. The first-order chi connectivity index (χ1) is 10.1. The van der Waals surface area contributed by atoms with E-state index in [0.717, 1.165) is 31.6 Å². The fourth-order valence-electron chi connectivity index (χ4n) is 2.83. The van der Waals surface area contributed by atoms with E-state index >= 15 is 0 Å². The molecule has 5 heteroatoms. The van der Waals surface area contributed by atoms with Crippen LogP contribution in [-0.4, -0.2) is 43.0 Å². The molecular formula is C17H28ClN3O. The summed E-state index contributed by atoms with van der Waals surface area (Å²) >= 11 is 0. The van der Waals surface area contributed by atoms with Crippen LogP contribution >= 0.6 is 12.4 Å². The van der Waals surface area contributed by atoms with Crippen LogP contribution in [0.1, 0.15) is 32.3 Å². The van der Waals surface area contributed by atoms with E-state index < -0.39 is 0 Å². The number of carbonyl (C=O) groups is 1. The van der Waals surface area contributed by atoms with E-state index in [0.29, 0.717) is 6.04 Å². The molecule has 2 N–H and O–H groups in total. The summed E-state index contributed by atoms with van der Waals surface area (Å²) in [5.74, 6) is 0.0796. The number of aryl methyl sites for hydroxylation is 1. The van der Waals surface area contributed by atoms with E-state index in [-0.39, 0.29) is 24.4 Å². The van der Waals surface area contributed by atoms with E-state index in [1.165, 1.54) is 12.0 Å². The summed E-state index contributed by atoms with van der Waals surface area (Å²) in [6.07, 6.45) is 3.36. The number of likely N-dealkylation sites (N-methyl/N-ethyl adjacent to an activating group) is 1. The third-order valence-corrected chi connectivity index (χ3v) is 4.42. The van der Waals surface area contributed by atoms with Gasteiger partial charge in [-0.1, -0.05) is 19.1 Å². The topological polar surface area (TPSA) is 44.4 Å². The van der Waals surface area contributed by atoms with Crippen molar-refractivity contribution < 1.29 is 4.79 Å². The Morgan fingerprint density at radius 1 is 1.36 bits per heavy atom. The zero-order chi connectivity index (χ0) is 15.2. The molecule has 1 aliphatic heterocycles. The molecule has 0 aliphatic carbocycles. The van der Waals surface area contributed by atoms with Gasteiger partial charge in [0, 0.05) is 18.3 Å². The molecule has 1 aromatic carbocycles. The van der Waals surface area contributed by atoms with Crippen LogP contribution in [0.15, 0.2) is 24.3 Å². The number of hydrogen-bond acceptors (Lipinski definition) is 3. The zero-order valence-electron chi connectivity index (χ0n) is 13.8. The smallest absolute Gasteiger partial charge is 0.241 e. The van der Waals surface area contributed by atoms with Crippen LogP contribution in [0.3, 0.4) is 0 Å². The van der Waals surface area contributed by atoms with Crippen molar-refractivity contribution in [1.29, 1.82) is 0 Å². The molecule has 1 amide bonds. The monoisotopic (exact) mass is 325 g/mol. The molecule has 1 aromatic rings. The van der Waals surface area contributed by atoms with Gasteiger partial charge < -0.3 is 10.6 Å². The Kier molecular flexibility index (Phi) is 7.87. The Morgan fingerprint density at radius 2 is 2.05 bits per heavy atom. The fourth-order valence-corrected chi connectivity index (χ4v) is 2.83. The molecular weight excluding hydrogens is 298 g/mol.